The number of rotatable bonds is 5. The second-order valence-electron chi connectivity index (χ2n) is 9.26. The van der Waals surface area contributed by atoms with E-state index in [1.165, 1.54) is 0 Å². The highest BCUT2D eigenvalue weighted by Gasteiger charge is 2.60. The van der Waals surface area contributed by atoms with Crippen molar-refractivity contribution in [1.29, 1.82) is 0 Å². The molecule has 35 heavy (non-hydrogen) atoms. The second kappa shape index (κ2) is 8.23. The zero-order chi connectivity index (χ0) is 24.1. The fourth-order valence-corrected chi connectivity index (χ4v) is 5.58. The minimum absolute atomic E-state index is 0.0265. The summed E-state index contributed by atoms with van der Waals surface area (Å²) in [4.78, 5) is 42.5. The van der Waals surface area contributed by atoms with Gasteiger partial charge in [0.25, 0.3) is 5.91 Å². The Hall–Kier alpha value is -4.20. The zero-order valence-electron chi connectivity index (χ0n) is 18.8. The van der Waals surface area contributed by atoms with Crippen LogP contribution < -0.4 is 5.32 Å². The monoisotopic (exact) mass is 469 g/mol. The summed E-state index contributed by atoms with van der Waals surface area (Å²) < 4.78 is 5.56. The van der Waals surface area contributed by atoms with Gasteiger partial charge in [-0.05, 0) is 46.2 Å². The number of hydrogen-bond donors (Lipinski definition) is 2. The van der Waals surface area contributed by atoms with Crippen LogP contribution in [0.4, 0.5) is 10.6 Å². The summed E-state index contributed by atoms with van der Waals surface area (Å²) in [5.74, 6) is -1.17. The number of amides is 2. The van der Waals surface area contributed by atoms with Crippen molar-refractivity contribution in [3.8, 4) is 11.1 Å². The number of pyridine rings is 1. The molecule has 2 fully saturated rings. The van der Waals surface area contributed by atoms with Crippen LogP contribution in [0.25, 0.3) is 11.1 Å². The Bertz CT molecular complexity index is 1300. The Morgan fingerprint density at radius 3 is 2.17 bits per heavy atom. The third kappa shape index (κ3) is 3.71. The molecule has 2 aromatic carbocycles. The molecule has 2 N–H and O–H groups in total. The quantitative estimate of drug-likeness (QED) is 0.588. The van der Waals surface area contributed by atoms with Crippen molar-refractivity contribution in [1.82, 2.24) is 9.88 Å². The van der Waals surface area contributed by atoms with Crippen LogP contribution >= 0.6 is 0 Å². The number of carbonyl (C=O) groups is 3. The molecule has 1 aromatic heterocycles. The number of carboxylic acid groups (broad SMARTS) is 1. The van der Waals surface area contributed by atoms with Crippen molar-refractivity contribution in [2.45, 2.75) is 5.92 Å². The van der Waals surface area contributed by atoms with Crippen LogP contribution in [0.3, 0.4) is 0 Å². The Balaban J connectivity index is 1.09. The van der Waals surface area contributed by atoms with Gasteiger partial charge in [0.2, 0.25) is 0 Å². The molecule has 1 aliphatic heterocycles. The van der Waals surface area contributed by atoms with Gasteiger partial charge in [-0.1, -0.05) is 54.6 Å². The minimum Gasteiger partial charge on any atom is -0.481 e. The lowest BCUT2D eigenvalue weighted by Crippen LogP contribution is -2.33. The summed E-state index contributed by atoms with van der Waals surface area (Å²) in [6.07, 6.45) is -0.643. The number of aliphatic carboxylic acids is 1. The van der Waals surface area contributed by atoms with Crippen LogP contribution in [0.5, 0.6) is 0 Å². The van der Waals surface area contributed by atoms with Gasteiger partial charge in [-0.2, -0.15) is 0 Å². The Morgan fingerprint density at radius 1 is 0.914 bits per heavy atom. The predicted molar refractivity (Wildman–Crippen MR) is 127 cm³/mol. The van der Waals surface area contributed by atoms with E-state index in [-0.39, 0.29) is 47.7 Å². The number of ether oxygens (including phenoxy) is 1. The summed E-state index contributed by atoms with van der Waals surface area (Å²) in [6.45, 7) is 1.03. The number of anilines is 1. The first kappa shape index (κ1) is 21.3. The topological polar surface area (TPSA) is 109 Å². The lowest BCUT2D eigenvalue weighted by molar-refractivity contribution is -0.139. The zero-order valence-corrected chi connectivity index (χ0v) is 18.8. The van der Waals surface area contributed by atoms with Crippen molar-refractivity contribution < 1.29 is 24.2 Å². The van der Waals surface area contributed by atoms with Crippen molar-refractivity contribution in [3.63, 3.8) is 0 Å². The SMILES string of the molecule is O=C(Nc1cccc(C(=O)N2C[C@@H]3C(C(=O)O)[C@@H]3C2)n1)OCC1c2ccccc2-c2ccccc21. The predicted octanol–water partition coefficient (Wildman–Crippen LogP) is 3.85. The molecule has 176 valence electrons. The van der Waals surface area contributed by atoms with E-state index in [0.717, 1.165) is 22.3 Å². The van der Waals surface area contributed by atoms with Crippen molar-refractivity contribution in [2.24, 2.45) is 17.8 Å². The van der Waals surface area contributed by atoms with Crippen LogP contribution in [-0.2, 0) is 9.53 Å². The molecule has 3 aliphatic rings. The maximum atomic E-state index is 12.8. The van der Waals surface area contributed by atoms with Crippen LogP contribution in [0.15, 0.2) is 66.7 Å². The van der Waals surface area contributed by atoms with Gasteiger partial charge in [-0.3, -0.25) is 14.9 Å². The van der Waals surface area contributed by atoms with Gasteiger partial charge in [0.05, 0.1) is 5.92 Å². The molecule has 1 saturated carbocycles. The number of piperidine rings is 1. The normalized spacial score (nSPS) is 21.6. The fourth-order valence-electron chi connectivity index (χ4n) is 5.58. The third-order valence-electron chi connectivity index (χ3n) is 7.31. The molecular weight excluding hydrogens is 446 g/mol. The molecule has 6 rings (SSSR count). The molecule has 0 spiro atoms. The van der Waals surface area contributed by atoms with Gasteiger partial charge < -0.3 is 14.7 Å². The molecule has 0 bridgehead atoms. The van der Waals surface area contributed by atoms with E-state index in [2.05, 4.69) is 34.6 Å². The number of likely N-dealkylation sites (tertiary alicyclic amines) is 1. The summed E-state index contributed by atoms with van der Waals surface area (Å²) in [5, 5.41) is 11.8. The minimum atomic E-state index is -0.792. The largest absolute Gasteiger partial charge is 0.481 e. The molecule has 1 saturated heterocycles. The molecule has 8 nitrogen and oxygen atoms in total. The average molecular weight is 469 g/mol. The summed E-state index contributed by atoms with van der Waals surface area (Å²) >= 11 is 0. The van der Waals surface area contributed by atoms with E-state index in [4.69, 9.17) is 9.84 Å². The van der Waals surface area contributed by atoms with Crippen LogP contribution in [0.1, 0.15) is 27.5 Å². The number of benzene rings is 2. The van der Waals surface area contributed by atoms with E-state index in [1.807, 2.05) is 24.3 Å². The molecule has 1 unspecified atom stereocenters. The van der Waals surface area contributed by atoms with E-state index < -0.39 is 12.1 Å². The lowest BCUT2D eigenvalue weighted by Gasteiger charge is -2.19. The molecule has 2 amide bonds. The third-order valence-corrected chi connectivity index (χ3v) is 7.31. The number of hydrogen-bond acceptors (Lipinski definition) is 5. The molecule has 0 radical (unpaired) electrons. The maximum Gasteiger partial charge on any atom is 0.412 e. The number of fused-ring (bicyclic) bond motifs is 4. The van der Waals surface area contributed by atoms with Crippen LogP contribution in [0.2, 0.25) is 0 Å². The van der Waals surface area contributed by atoms with Crippen LogP contribution in [-0.4, -0.2) is 52.7 Å². The standard InChI is InChI=1S/C27H23N3O5/c31-25(30-12-19-20(13-30)24(19)26(32)33)22-10-5-11-23(28-22)29-27(34)35-14-21-17-8-3-1-6-15(17)16-7-2-4-9-18(16)21/h1-11,19-21,24H,12-14H2,(H,32,33)(H,28,29,34)/t19-,20+,24?. The smallest absolute Gasteiger partial charge is 0.412 e. The Kier molecular flexibility index (Phi) is 5.02. The Morgan fingerprint density at radius 2 is 1.54 bits per heavy atom. The first-order valence-electron chi connectivity index (χ1n) is 11.6. The molecule has 2 heterocycles. The molecule has 3 atom stereocenters. The summed E-state index contributed by atoms with van der Waals surface area (Å²) in [6, 6.07) is 21.1. The van der Waals surface area contributed by atoms with E-state index in [1.54, 1.807) is 23.1 Å². The highest BCUT2D eigenvalue weighted by molar-refractivity contribution is 5.94. The van der Waals surface area contributed by atoms with Gasteiger partial charge in [-0.25, -0.2) is 9.78 Å². The lowest BCUT2D eigenvalue weighted by atomic mass is 9.98. The van der Waals surface area contributed by atoms with Gasteiger partial charge in [-0.15, -0.1) is 0 Å². The van der Waals surface area contributed by atoms with E-state index in [9.17, 15) is 14.4 Å². The number of carbonyl (C=O) groups excluding carboxylic acids is 2. The fraction of sp³-hybridized carbons (Fsp3) is 0.259. The van der Waals surface area contributed by atoms with E-state index >= 15 is 0 Å². The van der Waals surface area contributed by atoms with Gasteiger partial charge >= 0.3 is 12.1 Å². The molecular formula is C27H23N3O5. The summed E-state index contributed by atoms with van der Waals surface area (Å²) in [7, 11) is 0. The highest BCUT2D eigenvalue weighted by Crippen LogP contribution is 2.52. The van der Waals surface area contributed by atoms with Crippen LogP contribution in [0, 0.1) is 17.8 Å². The van der Waals surface area contributed by atoms with Crippen molar-refractivity contribution in [2.75, 3.05) is 25.0 Å². The van der Waals surface area contributed by atoms with Gasteiger partial charge in [0, 0.05) is 19.0 Å². The van der Waals surface area contributed by atoms with E-state index in [0.29, 0.717) is 13.1 Å². The van der Waals surface area contributed by atoms with Gasteiger partial charge in [0.15, 0.2) is 0 Å². The molecule has 3 aromatic rings. The average Bonchev–Trinajstić information content (AvgIpc) is 3.22. The van der Waals surface area contributed by atoms with Gasteiger partial charge in [0.1, 0.15) is 18.1 Å². The number of carboxylic acids is 1. The Labute approximate surface area is 201 Å². The van der Waals surface area contributed by atoms with Crippen molar-refractivity contribution >= 4 is 23.8 Å². The number of nitrogens with one attached hydrogen (secondary N) is 1. The van der Waals surface area contributed by atoms with Crippen molar-refractivity contribution in [3.05, 3.63) is 83.6 Å². The molecule has 2 aliphatic carbocycles. The number of nitrogens with zero attached hydrogens (tertiary/aromatic N) is 2. The maximum absolute atomic E-state index is 12.8. The summed E-state index contributed by atoms with van der Waals surface area (Å²) in [5.41, 5.74) is 4.76. The first-order valence-corrected chi connectivity index (χ1v) is 11.6. The molecule has 8 heteroatoms. The highest BCUT2D eigenvalue weighted by atomic mass is 16.5. The number of aromatic nitrogens is 1. The second-order valence-corrected chi connectivity index (χ2v) is 9.26. The first-order chi connectivity index (χ1) is 17.0.